The number of hydrogen-bond donors (Lipinski definition) is 2. The van der Waals surface area contributed by atoms with Crippen LogP contribution in [0.15, 0.2) is 52.2 Å². The number of carbonyl (C=O) groups excluding carboxylic acids is 1. The van der Waals surface area contributed by atoms with Crippen molar-refractivity contribution in [2.24, 2.45) is 5.10 Å². The van der Waals surface area contributed by atoms with Crippen molar-refractivity contribution in [3.05, 3.63) is 54.0 Å². The Kier molecular flexibility index (Phi) is 5.15. The van der Waals surface area contributed by atoms with Crippen molar-refractivity contribution in [2.45, 2.75) is 26.3 Å². The van der Waals surface area contributed by atoms with Gasteiger partial charge < -0.3 is 9.73 Å². The third-order valence-electron chi connectivity index (χ3n) is 2.99. The number of nitrogens with one attached hydrogen (secondary N) is 2. The first kappa shape index (κ1) is 14.8. The van der Waals surface area contributed by atoms with Crippen LogP contribution < -0.4 is 10.7 Å². The lowest BCUT2D eigenvalue weighted by Crippen LogP contribution is -2.36. The monoisotopic (exact) mass is 285 g/mol. The maximum atomic E-state index is 12.1. The van der Waals surface area contributed by atoms with Crippen LogP contribution in [0.2, 0.25) is 0 Å². The van der Waals surface area contributed by atoms with Crippen LogP contribution >= 0.6 is 0 Å². The Morgan fingerprint density at radius 3 is 2.90 bits per heavy atom. The first-order valence-electron chi connectivity index (χ1n) is 6.88. The van der Waals surface area contributed by atoms with Crippen LogP contribution in [0.3, 0.4) is 0 Å². The van der Waals surface area contributed by atoms with Gasteiger partial charge in [-0.15, -0.1) is 0 Å². The van der Waals surface area contributed by atoms with Crippen LogP contribution in [0, 0.1) is 6.92 Å². The van der Waals surface area contributed by atoms with E-state index in [4.69, 9.17) is 4.42 Å². The number of amides is 1. The molecule has 1 aromatic carbocycles. The molecule has 0 radical (unpaired) electrons. The minimum atomic E-state index is -0.333. The van der Waals surface area contributed by atoms with E-state index < -0.39 is 0 Å². The summed E-state index contributed by atoms with van der Waals surface area (Å²) in [7, 11) is 0. The molecule has 1 heterocycles. The van der Waals surface area contributed by atoms with Gasteiger partial charge in [0.25, 0.3) is 5.91 Å². The zero-order valence-electron chi connectivity index (χ0n) is 12.2. The molecule has 1 aromatic heterocycles. The number of nitrogens with zero attached hydrogens (tertiary/aromatic N) is 1. The molecule has 0 fully saturated rings. The summed E-state index contributed by atoms with van der Waals surface area (Å²) >= 11 is 0. The van der Waals surface area contributed by atoms with Crippen molar-refractivity contribution >= 4 is 17.8 Å². The number of hydrogen-bond acceptors (Lipinski definition) is 4. The predicted molar refractivity (Wildman–Crippen MR) is 83.3 cm³/mol. The second kappa shape index (κ2) is 7.28. The highest BCUT2D eigenvalue weighted by Gasteiger charge is 2.15. The summed E-state index contributed by atoms with van der Waals surface area (Å²) in [4.78, 5) is 12.1. The Morgan fingerprint density at radius 2 is 2.24 bits per heavy atom. The van der Waals surface area contributed by atoms with Gasteiger partial charge in [0, 0.05) is 5.69 Å². The first-order chi connectivity index (χ1) is 10.2. The van der Waals surface area contributed by atoms with Gasteiger partial charge in [-0.2, -0.15) is 5.10 Å². The summed E-state index contributed by atoms with van der Waals surface area (Å²) in [5.74, 6) is 0.414. The number of hydrazone groups is 1. The Bertz CT molecular complexity index is 606. The molecule has 0 spiro atoms. The number of carbonyl (C=O) groups is 1. The Hall–Kier alpha value is -2.56. The lowest BCUT2D eigenvalue weighted by atomic mass is 10.1. The lowest BCUT2D eigenvalue weighted by Gasteiger charge is -2.16. The summed E-state index contributed by atoms with van der Waals surface area (Å²) in [5, 5.41) is 7.09. The van der Waals surface area contributed by atoms with Crippen molar-refractivity contribution in [3.8, 4) is 0 Å². The van der Waals surface area contributed by atoms with E-state index >= 15 is 0 Å². The van der Waals surface area contributed by atoms with E-state index in [2.05, 4.69) is 15.8 Å². The van der Waals surface area contributed by atoms with Gasteiger partial charge >= 0.3 is 0 Å². The SMILES string of the molecule is CCC(Nc1cccc(C)c1)C(=O)N/N=C/c1ccco1. The van der Waals surface area contributed by atoms with Crippen LogP contribution in [0.4, 0.5) is 5.69 Å². The molecule has 2 rings (SSSR count). The van der Waals surface area contributed by atoms with E-state index in [1.165, 1.54) is 6.21 Å². The van der Waals surface area contributed by atoms with Crippen LogP contribution in [0.5, 0.6) is 0 Å². The fourth-order valence-electron chi connectivity index (χ4n) is 1.89. The first-order valence-corrected chi connectivity index (χ1v) is 6.88. The number of furan rings is 1. The van der Waals surface area contributed by atoms with E-state index in [0.717, 1.165) is 11.3 Å². The quantitative estimate of drug-likeness (QED) is 0.633. The minimum Gasteiger partial charge on any atom is -0.463 e. The maximum absolute atomic E-state index is 12.1. The molecular weight excluding hydrogens is 266 g/mol. The van der Waals surface area contributed by atoms with Gasteiger partial charge in [-0.1, -0.05) is 19.1 Å². The molecule has 5 heteroatoms. The second-order valence-electron chi connectivity index (χ2n) is 4.72. The zero-order valence-corrected chi connectivity index (χ0v) is 12.2. The topological polar surface area (TPSA) is 66.6 Å². The largest absolute Gasteiger partial charge is 0.463 e. The molecule has 2 N–H and O–H groups in total. The van der Waals surface area contributed by atoms with Gasteiger partial charge in [-0.05, 0) is 43.2 Å². The molecule has 0 aliphatic heterocycles. The normalized spacial score (nSPS) is 12.3. The summed E-state index contributed by atoms with van der Waals surface area (Å²) in [6.45, 7) is 3.96. The van der Waals surface area contributed by atoms with Crippen LogP contribution in [-0.2, 0) is 4.79 Å². The number of anilines is 1. The number of rotatable bonds is 6. The minimum absolute atomic E-state index is 0.179. The Labute approximate surface area is 124 Å². The molecule has 1 amide bonds. The molecule has 110 valence electrons. The maximum Gasteiger partial charge on any atom is 0.262 e. The lowest BCUT2D eigenvalue weighted by molar-refractivity contribution is -0.121. The Balaban J connectivity index is 1.92. The zero-order chi connectivity index (χ0) is 15.1. The molecule has 5 nitrogen and oxygen atoms in total. The van der Waals surface area contributed by atoms with E-state index in [-0.39, 0.29) is 11.9 Å². The molecule has 0 bridgehead atoms. The van der Waals surface area contributed by atoms with E-state index in [1.54, 1.807) is 18.4 Å². The molecule has 0 saturated carbocycles. The molecule has 1 atom stereocenters. The van der Waals surface area contributed by atoms with Crippen LogP contribution in [-0.4, -0.2) is 18.2 Å². The highest BCUT2D eigenvalue weighted by atomic mass is 16.3. The van der Waals surface area contributed by atoms with Crippen molar-refractivity contribution < 1.29 is 9.21 Å². The van der Waals surface area contributed by atoms with Gasteiger partial charge in [0.15, 0.2) is 0 Å². The third kappa shape index (κ3) is 4.49. The molecular formula is C16H19N3O2. The van der Waals surface area contributed by atoms with Gasteiger partial charge in [-0.3, -0.25) is 4.79 Å². The molecule has 0 aliphatic carbocycles. The van der Waals surface area contributed by atoms with Gasteiger partial charge in [-0.25, -0.2) is 5.43 Å². The van der Waals surface area contributed by atoms with Gasteiger partial charge in [0.1, 0.15) is 11.8 Å². The highest BCUT2D eigenvalue weighted by molar-refractivity contribution is 5.86. The summed E-state index contributed by atoms with van der Waals surface area (Å²) in [6.07, 6.45) is 3.69. The van der Waals surface area contributed by atoms with Crippen molar-refractivity contribution in [2.75, 3.05) is 5.32 Å². The fourth-order valence-corrected chi connectivity index (χ4v) is 1.89. The highest BCUT2D eigenvalue weighted by Crippen LogP contribution is 2.12. The Morgan fingerprint density at radius 1 is 1.38 bits per heavy atom. The average molecular weight is 285 g/mol. The fraction of sp³-hybridized carbons (Fsp3) is 0.250. The van der Waals surface area contributed by atoms with Crippen molar-refractivity contribution in [3.63, 3.8) is 0 Å². The molecule has 1 unspecified atom stereocenters. The second-order valence-corrected chi connectivity index (χ2v) is 4.72. The van der Waals surface area contributed by atoms with Crippen LogP contribution in [0.25, 0.3) is 0 Å². The van der Waals surface area contributed by atoms with Crippen LogP contribution in [0.1, 0.15) is 24.7 Å². The number of benzene rings is 1. The molecule has 0 saturated heterocycles. The van der Waals surface area contributed by atoms with Crippen molar-refractivity contribution in [1.82, 2.24) is 5.43 Å². The van der Waals surface area contributed by atoms with Gasteiger partial charge in [0.2, 0.25) is 0 Å². The smallest absolute Gasteiger partial charge is 0.262 e. The summed E-state index contributed by atoms with van der Waals surface area (Å²) in [5.41, 5.74) is 4.58. The van der Waals surface area contributed by atoms with Crippen molar-refractivity contribution in [1.29, 1.82) is 0 Å². The standard InChI is InChI=1S/C16H19N3O2/c1-3-15(18-13-7-4-6-12(2)10-13)16(20)19-17-11-14-8-5-9-21-14/h4-11,15,18H,3H2,1-2H3,(H,19,20)/b17-11+. The summed E-state index contributed by atoms with van der Waals surface area (Å²) < 4.78 is 5.09. The molecule has 2 aromatic rings. The average Bonchev–Trinajstić information content (AvgIpc) is 2.98. The van der Waals surface area contributed by atoms with Gasteiger partial charge in [0.05, 0.1) is 12.5 Å². The predicted octanol–water partition coefficient (Wildman–Crippen LogP) is 2.93. The van der Waals surface area contributed by atoms with E-state index in [0.29, 0.717) is 12.2 Å². The number of aryl methyl sites for hydroxylation is 1. The van der Waals surface area contributed by atoms with E-state index in [9.17, 15) is 4.79 Å². The third-order valence-corrected chi connectivity index (χ3v) is 2.99. The molecule has 0 aliphatic rings. The molecule has 21 heavy (non-hydrogen) atoms. The van der Waals surface area contributed by atoms with E-state index in [1.807, 2.05) is 38.1 Å². The summed E-state index contributed by atoms with van der Waals surface area (Å²) in [6, 6.07) is 11.1.